The van der Waals surface area contributed by atoms with E-state index >= 15 is 0 Å². The Morgan fingerprint density at radius 1 is 1.47 bits per heavy atom. The fourth-order valence-electron chi connectivity index (χ4n) is 2.28. The molecule has 1 saturated carbocycles. The zero-order valence-corrected chi connectivity index (χ0v) is 10.4. The standard InChI is InChI=1S/C13H18N2O2/c1-8(2)13(16)15-6-5-11-10(7-15)14-12(17-11)9-3-4-9/h8-9H,3-7H2,1-2H3. The summed E-state index contributed by atoms with van der Waals surface area (Å²) in [7, 11) is 0. The fraction of sp³-hybridized carbons (Fsp3) is 0.692. The van der Waals surface area contributed by atoms with Crippen molar-refractivity contribution >= 4 is 5.91 Å². The number of carbonyl (C=O) groups excluding carboxylic acids is 1. The predicted molar refractivity (Wildman–Crippen MR) is 62.4 cm³/mol. The molecule has 0 bridgehead atoms. The molecule has 1 fully saturated rings. The minimum absolute atomic E-state index is 0.0614. The maximum absolute atomic E-state index is 11.9. The summed E-state index contributed by atoms with van der Waals surface area (Å²) in [6.45, 7) is 5.28. The second-order valence-electron chi connectivity index (χ2n) is 5.36. The number of hydrogen-bond acceptors (Lipinski definition) is 3. The number of amides is 1. The molecule has 0 aromatic carbocycles. The van der Waals surface area contributed by atoms with Crippen molar-refractivity contribution < 1.29 is 9.21 Å². The molecule has 2 heterocycles. The molecule has 0 saturated heterocycles. The van der Waals surface area contributed by atoms with Crippen LogP contribution in [0.15, 0.2) is 4.42 Å². The van der Waals surface area contributed by atoms with Crippen molar-refractivity contribution in [2.45, 2.75) is 45.6 Å². The number of fused-ring (bicyclic) bond motifs is 1. The van der Waals surface area contributed by atoms with E-state index in [4.69, 9.17) is 4.42 Å². The molecule has 1 aromatic rings. The maximum Gasteiger partial charge on any atom is 0.225 e. The van der Waals surface area contributed by atoms with Gasteiger partial charge in [0.25, 0.3) is 0 Å². The smallest absolute Gasteiger partial charge is 0.225 e. The molecule has 1 aliphatic heterocycles. The third-order valence-electron chi connectivity index (χ3n) is 3.48. The van der Waals surface area contributed by atoms with E-state index in [0.29, 0.717) is 12.5 Å². The van der Waals surface area contributed by atoms with E-state index in [2.05, 4.69) is 4.98 Å². The van der Waals surface area contributed by atoms with Gasteiger partial charge >= 0.3 is 0 Å². The largest absolute Gasteiger partial charge is 0.445 e. The van der Waals surface area contributed by atoms with Gasteiger partial charge in [-0.3, -0.25) is 4.79 Å². The van der Waals surface area contributed by atoms with Crippen LogP contribution in [0, 0.1) is 5.92 Å². The Hall–Kier alpha value is -1.32. The van der Waals surface area contributed by atoms with Gasteiger partial charge in [0.05, 0.1) is 6.54 Å². The number of carbonyl (C=O) groups is 1. The van der Waals surface area contributed by atoms with Crippen LogP contribution in [0.1, 0.15) is 50.0 Å². The first-order chi connectivity index (χ1) is 8.15. The molecular formula is C13H18N2O2. The van der Waals surface area contributed by atoms with Gasteiger partial charge in [0.15, 0.2) is 5.89 Å². The van der Waals surface area contributed by atoms with Gasteiger partial charge in [-0.1, -0.05) is 13.8 Å². The molecule has 0 unspecified atom stereocenters. The highest BCUT2D eigenvalue weighted by molar-refractivity contribution is 5.78. The molecule has 3 rings (SSSR count). The van der Waals surface area contributed by atoms with Crippen molar-refractivity contribution in [1.82, 2.24) is 9.88 Å². The van der Waals surface area contributed by atoms with Crippen molar-refractivity contribution in [3.63, 3.8) is 0 Å². The average molecular weight is 234 g/mol. The van der Waals surface area contributed by atoms with Gasteiger partial charge in [-0.05, 0) is 12.8 Å². The predicted octanol–water partition coefficient (Wildman–Crippen LogP) is 2.09. The van der Waals surface area contributed by atoms with Crippen molar-refractivity contribution in [3.8, 4) is 0 Å². The highest BCUT2D eigenvalue weighted by Crippen LogP contribution is 2.40. The molecule has 1 aromatic heterocycles. The maximum atomic E-state index is 11.9. The highest BCUT2D eigenvalue weighted by Gasteiger charge is 2.32. The molecule has 1 aliphatic carbocycles. The molecule has 4 nitrogen and oxygen atoms in total. The summed E-state index contributed by atoms with van der Waals surface area (Å²) in [6.07, 6.45) is 3.22. The van der Waals surface area contributed by atoms with Crippen LogP contribution in [-0.4, -0.2) is 22.3 Å². The van der Waals surface area contributed by atoms with Crippen LogP contribution in [0.2, 0.25) is 0 Å². The van der Waals surface area contributed by atoms with Crippen LogP contribution < -0.4 is 0 Å². The summed E-state index contributed by atoms with van der Waals surface area (Å²) in [5, 5.41) is 0. The lowest BCUT2D eigenvalue weighted by molar-refractivity contribution is -0.135. The van der Waals surface area contributed by atoms with Crippen molar-refractivity contribution in [2.75, 3.05) is 6.54 Å². The third kappa shape index (κ3) is 1.96. The summed E-state index contributed by atoms with van der Waals surface area (Å²) >= 11 is 0. The topological polar surface area (TPSA) is 46.3 Å². The lowest BCUT2D eigenvalue weighted by atomic mass is 10.1. The summed E-state index contributed by atoms with van der Waals surface area (Å²) in [6, 6.07) is 0. The molecule has 1 amide bonds. The number of aromatic nitrogens is 1. The minimum Gasteiger partial charge on any atom is -0.445 e. The Labute approximate surface area is 101 Å². The highest BCUT2D eigenvalue weighted by atomic mass is 16.4. The monoisotopic (exact) mass is 234 g/mol. The van der Waals surface area contributed by atoms with Gasteiger partial charge in [-0.15, -0.1) is 0 Å². The van der Waals surface area contributed by atoms with Gasteiger partial charge in [-0.25, -0.2) is 4.98 Å². The normalized spacial score (nSPS) is 19.6. The van der Waals surface area contributed by atoms with E-state index in [1.165, 1.54) is 12.8 Å². The number of rotatable bonds is 2. The number of nitrogens with zero attached hydrogens (tertiary/aromatic N) is 2. The molecule has 4 heteroatoms. The van der Waals surface area contributed by atoms with E-state index in [1.807, 2.05) is 18.7 Å². The summed E-state index contributed by atoms with van der Waals surface area (Å²) < 4.78 is 5.77. The molecule has 92 valence electrons. The zero-order valence-electron chi connectivity index (χ0n) is 10.4. The molecule has 0 N–H and O–H groups in total. The molecule has 0 spiro atoms. The molecule has 17 heavy (non-hydrogen) atoms. The first-order valence-corrected chi connectivity index (χ1v) is 6.42. The summed E-state index contributed by atoms with van der Waals surface area (Å²) in [4.78, 5) is 18.4. The van der Waals surface area contributed by atoms with Gasteiger partial charge in [0, 0.05) is 24.8 Å². The van der Waals surface area contributed by atoms with E-state index in [9.17, 15) is 4.79 Å². The first kappa shape index (κ1) is 10.8. The molecule has 2 aliphatic rings. The molecule has 0 atom stereocenters. The average Bonchev–Trinajstić information content (AvgIpc) is 3.07. The van der Waals surface area contributed by atoms with Crippen LogP contribution in [0.25, 0.3) is 0 Å². The molecular weight excluding hydrogens is 216 g/mol. The van der Waals surface area contributed by atoms with Gasteiger partial charge in [0.2, 0.25) is 5.91 Å². The molecule has 0 radical (unpaired) electrons. The SMILES string of the molecule is CC(C)C(=O)N1CCc2oc(C3CC3)nc2C1. The quantitative estimate of drug-likeness (QED) is 0.787. The minimum atomic E-state index is 0.0614. The van der Waals surface area contributed by atoms with Crippen LogP contribution in [0.4, 0.5) is 0 Å². The van der Waals surface area contributed by atoms with Crippen LogP contribution in [0.5, 0.6) is 0 Å². The van der Waals surface area contributed by atoms with E-state index in [-0.39, 0.29) is 11.8 Å². The van der Waals surface area contributed by atoms with Crippen LogP contribution >= 0.6 is 0 Å². The van der Waals surface area contributed by atoms with Crippen molar-refractivity contribution in [3.05, 3.63) is 17.3 Å². The first-order valence-electron chi connectivity index (χ1n) is 6.42. The number of hydrogen-bond donors (Lipinski definition) is 0. The second kappa shape index (κ2) is 3.86. The van der Waals surface area contributed by atoms with Gasteiger partial charge in [0.1, 0.15) is 11.5 Å². The fourth-order valence-corrected chi connectivity index (χ4v) is 2.28. The van der Waals surface area contributed by atoms with E-state index in [1.54, 1.807) is 0 Å². The van der Waals surface area contributed by atoms with E-state index in [0.717, 1.165) is 30.3 Å². The van der Waals surface area contributed by atoms with Crippen LogP contribution in [0.3, 0.4) is 0 Å². The third-order valence-corrected chi connectivity index (χ3v) is 3.48. The van der Waals surface area contributed by atoms with Crippen molar-refractivity contribution in [1.29, 1.82) is 0 Å². The Balaban J connectivity index is 1.77. The Bertz CT molecular complexity index is 446. The van der Waals surface area contributed by atoms with Gasteiger partial charge < -0.3 is 9.32 Å². The lowest BCUT2D eigenvalue weighted by Gasteiger charge is -2.26. The zero-order chi connectivity index (χ0) is 12.0. The Morgan fingerprint density at radius 3 is 2.88 bits per heavy atom. The van der Waals surface area contributed by atoms with Crippen molar-refractivity contribution in [2.24, 2.45) is 5.92 Å². The summed E-state index contributed by atoms with van der Waals surface area (Å²) in [5.41, 5.74) is 0.979. The number of oxazole rings is 1. The second-order valence-corrected chi connectivity index (χ2v) is 5.36. The summed E-state index contributed by atoms with van der Waals surface area (Å²) in [5.74, 6) is 2.72. The van der Waals surface area contributed by atoms with Gasteiger partial charge in [-0.2, -0.15) is 0 Å². The Kier molecular flexibility index (Phi) is 2.45. The Morgan fingerprint density at radius 2 is 2.24 bits per heavy atom. The lowest BCUT2D eigenvalue weighted by Crippen LogP contribution is -2.38. The van der Waals surface area contributed by atoms with Crippen LogP contribution in [-0.2, 0) is 17.8 Å². The van der Waals surface area contributed by atoms with E-state index < -0.39 is 0 Å².